The topological polar surface area (TPSA) is 74.7 Å². The number of aliphatic carboxylic acids is 1. The van der Waals surface area contributed by atoms with Crippen LogP contribution >= 0.6 is 11.8 Å². The predicted molar refractivity (Wildman–Crippen MR) is 147 cm³/mol. The number of piperidine rings is 1. The summed E-state index contributed by atoms with van der Waals surface area (Å²) in [7, 11) is 3.61. The van der Waals surface area contributed by atoms with Crippen molar-refractivity contribution < 1.29 is 23.4 Å². The smallest absolute Gasteiger partial charge is 0.303 e. The van der Waals surface area contributed by atoms with E-state index < -0.39 is 17.6 Å². The zero-order valence-corrected chi connectivity index (χ0v) is 22.6. The number of rotatable bonds is 12. The first-order chi connectivity index (χ1) is 18.4. The number of carbonyl (C=O) groups is 1. The van der Waals surface area contributed by atoms with Crippen molar-refractivity contribution in [2.45, 2.75) is 36.6 Å². The number of hydrogen-bond acceptors (Lipinski definition) is 6. The van der Waals surface area contributed by atoms with Crippen LogP contribution in [-0.2, 0) is 4.79 Å². The average Bonchev–Trinajstić information content (AvgIpc) is 2.89. The first kappa shape index (κ1) is 28.3. The van der Waals surface area contributed by atoms with E-state index in [1.54, 1.807) is 7.11 Å². The van der Waals surface area contributed by atoms with Gasteiger partial charge in [0, 0.05) is 53.8 Å². The van der Waals surface area contributed by atoms with Crippen molar-refractivity contribution in [1.82, 2.24) is 15.2 Å². The number of hydrogen-bond donors (Lipinski definition) is 2. The van der Waals surface area contributed by atoms with Gasteiger partial charge in [0.15, 0.2) is 0 Å². The summed E-state index contributed by atoms with van der Waals surface area (Å²) in [6.45, 7) is 2.35. The van der Waals surface area contributed by atoms with Crippen molar-refractivity contribution in [3.8, 4) is 5.75 Å². The van der Waals surface area contributed by atoms with E-state index in [1.807, 2.05) is 37.5 Å². The highest BCUT2D eigenvalue weighted by Gasteiger charge is 2.31. The van der Waals surface area contributed by atoms with Gasteiger partial charge in [-0.05, 0) is 86.7 Å². The Labute approximate surface area is 226 Å². The van der Waals surface area contributed by atoms with E-state index >= 15 is 0 Å². The molecule has 0 amide bonds. The van der Waals surface area contributed by atoms with E-state index in [2.05, 4.69) is 15.2 Å². The van der Waals surface area contributed by atoms with Crippen molar-refractivity contribution >= 4 is 28.6 Å². The van der Waals surface area contributed by atoms with E-state index in [0.29, 0.717) is 23.1 Å². The summed E-state index contributed by atoms with van der Waals surface area (Å²) in [6, 6.07) is 11.6. The first-order valence-corrected chi connectivity index (χ1v) is 14.0. The van der Waals surface area contributed by atoms with Crippen LogP contribution in [0.15, 0.2) is 53.6 Å². The standard InChI is InChI=1S/C29H35F2N3O3S/c1-32-27(25-7-9-33-28-6-4-23(37-2)17-26(25)28)5-3-19-8-10-34(18-20(19)13-29(35)36)11-12-38-24-15-21(30)14-22(31)16-24/h4,6-7,9,14-17,19-20,27,32H,3,5,8,10-13,18H2,1-2H3,(H,35,36)/t19-,20+,27?/m1/s1. The lowest BCUT2D eigenvalue weighted by Gasteiger charge is -2.38. The fourth-order valence-corrected chi connectivity index (χ4v) is 6.49. The number of fused-ring (bicyclic) bond motifs is 1. The minimum absolute atomic E-state index is 0.0599. The Hall–Kier alpha value is -2.75. The van der Waals surface area contributed by atoms with Crippen LogP contribution in [-0.4, -0.2) is 60.5 Å². The largest absolute Gasteiger partial charge is 0.497 e. The van der Waals surface area contributed by atoms with Gasteiger partial charge in [0.1, 0.15) is 17.4 Å². The molecule has 1 aromatic heterocycles. The van der Waals surface area contributed by atoms with Gasteiger partial charge >= 0.3 is 5.97 Å². The van der Waals surface area contributed by atoms with Crippen molar-refractivity contribution in [2.75, 3.05) is 39.5 Å². The highest BCUT2D eigenvalue weighted by atomic mass is 32.2. The summed E-state index contributed by atoms with van der Waals surface area (Å²) in [5.74, 6) is -0.0777. The van der Waals surface area contributed by atoms with E-state index in [9.17, 15) is 18.7 Å². The van der Waals surface area contributed by atoms with Gasteiger partial charge in [0.2, 0.25) is 0 Å². The summed E-state index contributed by atoms with van der Waals surface area (Å²) in [6.07, 6.45) is 4.70. The number of halogens is 2. The Morgan fingerprint density at radius 3 is 2.71 bits per heavy atom. The number of methoxy groups -OCH3 is 1. The number of aromatic nitrogens is 1. The van der Waals surface area contributed by atoms with Gasteiger partial charge in [0.05, 0.1) is 12.6 Å². The molecule has 2 N–H and O–H groups in total. The maximum absolute atomic E-state index is 13.5. The quantitative estimate of drug-likeness (QED) is 0.281. The number of carboxylic acid groups (broad SMARTS) is 1. The molecule has 3 aromatic rings. The van der Waals surface area contributed by atoms with Crippen molar-refractivity contribution in [1.29, 1.82) is 0 Å². The van der Waals surface area contributed by atoms with Crippen LogP contribution in [0, 0.1) is 23.5 Å². The SMILES string of the molecule is CNC(CC[C@@H]1CCN(CCSc2cc(F)cc(F)c2)C[C@@H]1CC(=O)O)c1ccnc2ccc(OC)cc12. The fourth-order valence-electron chi connectivity index (χ4n) is 5.51. The molecule has 1 aliphatic rings. The molecule has 0 saturated carbocycles. The molecule has 0 bridgehead atoms. The summed E-state index contributed by atoms with van der Waals surface area (Å²) < 4.78 is 32.4. The zero-order chi connectivity index (χ0) is 27.1. The van der Waals surface area contributed by atoms with E-state index in [4.69, 9.17) is 4.74 Å². The van der Waals surface area contributed by atoms with E-state index in [1.165, 1.54) is 23.9 Å². The van der Waals surface area contributed by atoms with Crippen LogP contribution in [0.1, 0.15) is 37.3 Å². The Balaban J connectivity index is 1.37. The third-order valence-corrected chi connectivity index (χ3v) is 8.41. The molecule has 38 heavy (non-hydrogen) atoms. The first-order valence-electron chi connectivity index (χ1n) is 13.0. The molecule has 1 saturated heterocycles. The lowest BCUT2D eigenvalue weighted by atomic mass is 9.79. The van der Waals surface area contributed by atoms with Crippen LogP contribution in [0.2, 0.25) is 0 Å². The number of likely N-dealkylation sites (tertiary alicyclic amines) is 1. The van der Waals surface area contributed by atoms with Crippen molar-refractivity contribution in [3.05, 3.63) is 65.9 Å². The van der Waals surface area contributed by atoms with Crippen LogP contribution < -0.4 is 10.1 Å². The highest BCUT2D eigenvalue weighted by molar-refractivity contribution is 7.99. The Bertz CT molecular complexity index is 1220. The molecule has 1 unspecified atom stereocenters. The molecule has 0 radical (unpaired) electrons. The van der Waals surface area contributed by atoms with Gasteiger partial charge in [-0.2, -0.15) is 0 Å². The van der Waals surface area contributed by atoms with Crippen LogP contribution in [0.25, 0.3) is 10.9 Å². The third-order valence-electron chi connectivity index (χ3n) is 7.46. The van der Waals surface area contributed by atoms with Crippen molar-refractivity contribution in [2.24, 2.45) is 11.8 Å². The average molecular weight is 544 g/mol. The van der Waals surface area contributed by atoms with Gasteiger partial charge in [-0.15, -0.1) is 11.8 Å². The third kappa shape index (κ3) is 7.42. The molecular formula is C29H35F2N3O3S. The molecule has 4 rings (SSSR count). The minimum atomic E-state index is -0.774. The van der Waals surface area contributed by atoms with Crippen LogP contribution in [0.5, 0.6) is 5.75 Å². The van der Waals surface area contributed by atoms with E-state index in [0.717, 1.165) is 60.6 Å². The van der Waals surface area contributed by atoms with Crippen LogP contribution in [0.4, 0.5) is 8.78 Å². The van der Waals surface area contributed by atoms with Gasteiger partial charge in [0.25, 0.3) is 0 Å². The second kappa shape index (κ2) is 13.4. The van der Waals surface area contributed by atoms with Crippen LogP contribution in [0.3, 0.4) is 0 Å². The molecule has 6 nitrogen and oxygen atoms in total. The normalized spacial score (nSPS) is 18.9. The number of benzene rings is 2. The number of carboxylic acids is 1. The number of nitrogens with zero attached hydrogens (tertiary/aromatic N) is 2. The molecule has 0 aliphatic carbocycles. The molecule has 204 valence electrons. The number of thioether (sulfide) groups is 1. The molecular weight excluding hydrogens is 508 g/mol. The van der Waals surface area contributed by atoms with E-state index in [-0.39, 0.29) is 18.4 Å². The van der Waals surface area contributed by atoms with Gasteiger partial charge in [-0.1, -0.05) is 0 Å². The summed E-state index contributed by atoms with van der Waals surface area (Å²) in [4.78, 5) is 19.0. The van der Waals surface area contributed by atoms with Gasteiger partial charge < -0.3 is 20.1 Å². The van der Waals surface area contributed by atoms with Gasteiger partial charge in [-0.3, -0.25) is 9.78 Å². The summed E-state index contributed by atoms with van der Waals surface area (Å²) in [5.41, 5.74) is 2.08. The van der Waals surface area contributed by atoms with Crippen molar-refractivity contribution in [3.63, 3.8) is 0 Å². The highest BCUT2D eigenvalue weighted by Crippen LogP contribution is 2.35. The molecule has 2 heterocycles. The number of nitrogens with one attached hydrogen (secondary N) is 1. The summed E-state index contributed by atoms with van der Waals surface area (Å²) in [5, 5.41) is 14.1. The maximum Gasteiger partial charge on any atom is 0.303 e. The fraction of sp³-hybridized carbons (Fsp3) is 0.448. The number of pyridine rings is 1. The Morgan fingerprint density at radius 1 is 1.21 bits per heavy atom. The second-order valence-electron chi connectivity index (χ2n) is 9.86. The minimum Gasteiger partial charge on any atom is -0.497 e. The Kier molecular flexibility index (Phi) is 9.93. The monoisotopic (exact) mass is 543 g/mol. The maximum atomic E-state index is 13.5. The number of ether oxygens (including phenoxy) is 1. The molecule has 9 heteroatoms. The second-order valence-corrected chi connectivity index (χ2v) is 11.0. The zero-order valence-electron chi connectivity index (χ0n) is 21.8. The molecule has 1 fully saturated rings. The molecule has 2 aromatic carbocycles. The summed E-state index contributed by atoms with van der Waals surface area (Å²) >= 11 is 1.42. The Morgan fingerprint density at radius 2 is 2.00 bits per heavy atom. The lowest BCUT2D eigenvalue weighted by molar-refractivity contribution is -0.139. The van der Waals surface area contributed by atoms with Gasteiger partial charge in [-0.25, -0.2) is 8.78 Å². The lowest BCUT2D eigenvalue weighted by Crippen LogP contribution is -2.42. The molecule has 3 atom stereocenters. The molecule has 1 aliphatic heterocycles. The predicted octanol–water partition coefficient (Wildman–Crippen LogP) is 5.77. The molecule has 0 spiro atoms.